The molecule has 0 aliphatic carbocycles. The zero-order valence-corrected chi connectivity index (χ0v) is 8.87. The number of halogens is 1. The van der Waals surface area contributed by atoms with Gasteiger partial charge in [0.2, 0.25) is 0 Å². The molecule has 0 aliphatic heterocycles. The van der Waals surface area contributed by atoms with Crippen molar-refractivity contribution in [2.45, 2.75) is 26.4 Å². The predicted molar refractivity (Wildman–Crippen MR) is 51.2 cm³/mol. The highest BCUT2D eigenvalue weighted by molar-refractivity contribution is 14.1. The maximum atomic E-state index is 10.2. The van der Waals surface area contributed by atoms with Crippen molar-refractivity contribution in [2.24, 2.45) is 5.92 Å². The summed E-state index contributed by atoms with van der Waals surface area (Å²) < 4.78 is 5.38. The average Bonchev–Trinajstić information content (AvgIpc) is 1.98. The van der Waals surface area contributed by atoms with E-state index in [4.69, 9.17) is 5.11 Å². The Kier molecular flexibility index (Phi) is 5.62. The molecule has 11 heavy (non-hydrogen) atoms. The highest BCUT2D eigenvalue weighted by Gasteiger charge is 2.17. The van der Waals surface area contributed by atoms with Crippen LogP contribution >= 0.6 is 22.6 Å². The molecule has 0 amide bonds. The van der Waals surface area contributed by atoms with Gasteiger partial charge in [-0.2, -0.15) is 0 Å². The Labute approximate surface area is 80.3 Å². The molecule has 0 rings (SSSR count). The van der Waals surface area contributed by atoms with E-state index < -0.39 is 6.16 Å². The van der Waals surface area contributed by atoms with Crippen molar-refractivity contribution < 1.29 is 14.6 Å². The second-order valence-electron chi connectivity index (χ2n) is 2.46. The smallest absolute Gasteiger partial charge is 0.450 e. The van der Waals surface area contributed by atoms with Crippen LogP contribution in [0.2, 0.25) is 0 Å². The van der Waals surface area contributed by atoms with E-state index >= 15 is 0 Å². The molecule has 1 N–H and O–H groups in total. The first-order valence-electron chi connectivity index (χ1n) is 3.57. The molecule has 66 valence electrons. The van der Waals surface area contributed by atoms with Crippen LogP contribution in [0.4, 0.5) is 4.79 Å². The van der Waals surface area contributed by atoms with Crippen LogP contribution in [0.3, 0.4) is 0 Å². The van der Waals surface area contributed by atoms with Crippen molar-refractivity contribution in [3.63, 3.8) is 0 Å². The van der Waals surface area contributed by atoms with E-state index in [1.165, 1.54) is 0 Å². The van der Waals surface area contributed by atoms with Gasteiger partial charge in [-0.3, -0.25) is 0 Å². The number of carboxylic acid groups (broad SMARTS) is 1. The lowest BCUT2D eigenvalue weighted by atomic mass is 10.0. The summed E-state index contributed by atoms with van der Waals surface area (Å²) in [4.78, 5) is 10.2. The van der Waals surface area contributed by atoms with E-state index in [9.17, 15) is 4.79 Å². The van der Waals surface area contributed by atoms with Crippen molar-refractivity contribution in [1.29, 1.82) is 0 Å². The standard InChI is InChI=1S/C7H13IO3/c1-3-5(2)6(4-8)11-7(9)10/h5-6H,3-4H2,1-2H3,(H,9,10). The van der Waals surface area contributed by atoms with Gasteiger partial charge in [0.05, 0.1) is 0 Å². The van der Waals surface area contributed by atoms with Gasteiger partial charge < -0.3 is 9.84 Å². The minimum Gasteiger partial charge on any atom is -0.450 e. The third kappa shape index (κ3) is 4.44. The molecule has 0 heterocycles. The summed E-state index contributed by atoms with van der Waals surface area (Å²) in [6, 6.07) is 0. The molecule has 0 bridgehead atoms. The molecule has 0 saturated carbocycles. The van der Waals surface area contributed by atoms with Crippen LogP contribution in [-0.2, 0) is 4.74 Å². The van der Waals surface area contributed by atoms with Gasteiger partial charge in [0, 0.05) is 4.43 Å². The van der Waals surface area contributed by atoms with Gasteiger partial charge in [-0.15, -0.1) is 0 Å². The number of alkyl halides is 1. The van der Waals surface area contributed by atoms with Gasteiger partial charge >= 0.3 is 6.16 Å². The summed E-state index contributed by atoms with van der Waals surface area (Å²) in [6.45, 7) is 4.02. The number of hydrogen-bond acceptors (Lipinski definition) is 2. The summed E-state index contributed by atoms with van der Waals surface area (Å²) in [5.74, 6) is 0.308. The average molecular weight is 272 g/mol. The third-order valence-electron chi connectivity index (χ3n) is 1.68. The Morgan fingerprint density at radius 1 is 1.73 bits per heavy atom. The maximum Gasteiger partial charge on any atom is 0.506 e. The van der Waals surface area contributed by atoms with Gasteiger partial charge in [-0.05, 0) is 5.92 Å². The molecule has 0 aliphatic rings. The van der Waals surface area contributed by atoms with E-state index in [0.717, 1.165) is 10.8 Å². The van der Waals surface area contributed by atoms with Crippen LogP contribution in [0.25, 0.3) is 0 Å². The highest BCUT2D eigenvalue weighted by atomic mass is 127. The zero-order valence-electron chi connectivity index (χ0n) is 6.71. The zero-order chi connectivity index (χ0) is 8.85. The molecule has 0 aromatic carbocycles. The van der Waals surface area contributed by atoms with Crippen LogP contribution in [0, 0.1) is 5.92 Å². The number of carbonyl (C=O) groups is 1. The monoisotopic (exact) mass is 272 g/mol. The lowest BCUT2D eigenvalue weighted by Crippen LogP contribution is -2.25. The summed E-state index contributed by atoms with van der Waals surface area (Å²) in [6.07, 6.45) is -0.383. The van der Waals surface area contributed by atoms with Crippen LogP contribution in [0.5, 0.6) is 0 Å². The molecule has 2 unspecified atom stereocenters. The predicted octanol–water partition coefficient (Wildman–Crippen LogP) is 2.53. The second kappa shape index (κ2) is 5.62. The van der Waals surface area contributed by atoms with Gasteiger partial charge in [-0.1, -0.05) is 42.9 Å². The summed E-state index contributed by atoms with van der Waals surface area (Å²) in [5, 5.41) is 8.33. The first-order valence-corrected chi connectivity index (χ1v) is 5.09. The van der Waals surface area contributed by atoms with Crippen molar-refractivity contribution in [3.8, 4) is 0 Å². The van der Waals surface area contributed by atoms with Crippen molar-refractivity contribution in [1.82, 2.24) is 0 Å². The van der Waals surface area contributed by atoms with Crippen molar-refractivity contribution in [2.75, 3.05) is 4.43 Å². The van der Waals surface area contributed by atoms with Crippen LogP contribution in [0.15, 0.2) is 0 Å². The van der Waals surface area contributed by atoms with E-state index in [-0.39, 0.29) is 6.10 Å². The fourth-order valence-electron chi connectivity index (χ4n) is 0.692. The highest BCUT2D eigenvalue weighted by Crippen LogP contribution is 2.13. The first-order chi connectivity index (χ1) is 5.11. The lowest BCUT2D eigenvalue weighted by molar-refractivity contribution is 0.0398. The Morgan fingerprint density at radius 3 is 2.55 bits per heavy atom. The molecule has 0 spiro atoms. The molecule has 0 aromatic rings. The van der Waals surface area contributed by atoms with Gasteiger partial charge in [0.25, 0.3) is 0 Å². The largest absolute Gasteiger partial charge is 0.506 e. The van der Waals surface area contributed by atoms with E-state index in [1.54, 1.807) is 0 Å². The Balaban J connectivity index is 3.84. The van der Waals surface area contributed by atoms with E-state index in [2.05, 4.69) is 27.3 Å². The van der Waals surface area contributed by atoms with Gasteiger partial charge in [-0.25, -0.2) is 4.79 Å². The minimum absolute atomic E-state index is 0.155. The molecule has 0 aromatic heterocycles. The van der Waals surface area contributed by atoms with Gasteiger partial charge in [0.15, 0.2) is 0 Å². The molecular formula is C7H13IO3. The quantitative estimate of drug-likeness (QED) is 0.486. The number of ether oxygens (including phenoxy) is 1. The van der Waals surface area contributed by atoms with Crippen LogP contribution < -0.4 is 0 Å². The second-order valence-corrected chi connectivity index (χ2v) is 3.34. The summed E-state index contributed by atoms with van der Waals surface area (Å²) >= 11 is 2.13. The van der Waals surface area contributed by atoms with Crippen molar-refractivity contribution >= 4 is 28.7 Å². The molecule has 2 atom stereocenters. The lowest BCUT2D eigenvalue weighted by Gasteiger charge is -2.18. The molecule has 0 saturated heterocycles. The molecule has 4 heteroatoms. The first kappa shape index (κ1) is 11.0. The number of hydrogen-bond donors (Lipinski definition) is 1. The summed E-state index contributed by atoms with van der Waals surface area (Å²) in [7, 11) is 0. The molecule has 3 nitrogen and oxygen atoms in total. The third-order valence-corrected chi connectivity index (χ3v) is 2.55. The Bertz CT molecular complexity index is 127. The Hall–Kier alpha value is 0. The van der Waals surface area contributed by atoms with Gasteiger partial charge in [0.1, 0.15) is 6.10 Å². The van der Waals surface area contributed by atoms with E-state index in [1.807, 2.05) is 13.8 Å². The normalized spacial score (nSPS) is 15.5. The van der Waals surface area contributed by atoms with Crippen molar-refractivity contribution in [3.05, 3.63) is 0 Å². The minimum atomic E-state index is -1.17. The fourth-order valence-corrected chi connectivity index (χ4v) is 1.74. The van der Waals surface area contributed by atoms with E-state index in [0.29, 0.717) is 5.92 Å². The topological polar surface area (TPSA) is 46.5 Å². The fraction of sp³-hybridized carbons (Fsp3) is 0.857. The maximum absolute atomic E-state index is 10.2. The van der Waals surface area contributed by atoms with Crippen LogP contribution in [0.1, 0.15) is 20.3 Å². The van der Waals surface area contributed by atoms with Crippen LogP contribution in [-0.4, -0.2) is 21.8 Å². The SMILES string of the molecule is CCC(C)C(CI)OC(=O)O. The molecular weight excluding hydrogens is 259 g/mol. The summed E-state index contributed by atoms with van der Waals surface area (Å²) in [5.41, 5.74) is 0. The number of rotatable bonds is 4. The Morgan fingerprint density at radius 2 is 2.27 bits per heavy atom. The molecule has 0 radical (unpaired) electrons. The molecule has 0 fully saturated rings.